The molecule has 0 aromatic heterocycles. The first kappa shape index (κ1) is 19.7. The Bertz CT molecular complexity index is 668. The summed E-state index contributed by atoms with van der Waals surface area (Å²) in [6.07, 6.45) is 1.14. The van der Waals surface area contributed by atoms with E-state index in [4.69, 9.17) is 9.47 Å². The summed E-state index contributed by atoms with van der Waals surface area (Å²) in [5.41, 5.74) is -0.280. The Labute approximate surface area is 155 Å². The topological polar surface area (TPSA) is 52.6 Å². The number of hydrogen-bond acceptors (Lipinski definition) is 4. The van der Waals surface area contributed by atoms with E-state index in [1.54, 1.807) is 48.5 Å². The third kappa shape index (κ3) is 6.03. The number of carbonyl (C=O) groups is 2. The average molecular weight is 354 g/mol. The van der Waals surface area contributed by atoms with Crippen molar-refractivity contribution in [3.63, 3.8) is 0 Å². The monoisotopic (exact) mass is 354 g/mol. The van der Waals surface area contributed by atoms with E-state index in [1.165, 1.54) is 0 Å². The van der Waals surface area contributed by atoms with Gasteiger partial charge >= 0.3 is 11.9 Å². The highest BCUT2D eigenvalue weighted by molar-refractivity contribution is 5.90. The second-order valence-corrected chi connectivity index (χ2v) is 7.53. The van der Waals surface area contributed by atoms with E-state index in [0.29, 0.717) is 24.0 Å². The van der Waals surface area contributed by atoms with E-state index in [0.717, 1.165) is 0 Å². The molecule has 0 aliphatic carbocycles. The van der Waals surface area contributed by atoms with E-state index in [1.807, 2.05) is 39.8 Å². The number of esters is 2. The zero-order valence-corrected chi connectivity index (χ0v) is 15.8. The molecule has 0 amide bonds. The maximum absolute atomic E-state index is 12.2. The predicted molar refractivity (Wildman–Crippen MR) is 101 cm³/mol. The van der Waals surface area contributed by atoms with Crippen LogP contribution in [0.1, 0.15) is 61.3 Å². The summed E-state index contributed by atoms with van der Waals surface area (Å²) >= 11 is 0. The van der Waals surface area contributed by atoms with Gasteiger partial charge in [0.15, 0.2) is 0 Å². The standard InChI is InChI=1S/C22H26O4/c1-21(2,25-19(23)17-11-7-5-8-12-17)15-16-22(3,4)26-20(24)18-13-9-6-10-14-18/h5-14H,15-16H2,1-4H3. The van der Waals surface area contributed by atoms with Gasteiger partial charge in [0.1, 0.15) is 11.2 Å². The van der Waals surface area contributed by atoms with Crippen LogP contribution in [-0.4, -0.2) is 23.1 Å². The van der Waals surface area contributed by atoms with Gasteiger partial charge in [-0.15, -0.1) is 0 Å². The zero-order valence-electron chi connectivity index (χ0n) is 15.8. The summed E-state index contributed by atoms with van der Waals surface area (Å²) in [4.78, 5) is 24.5. The third-order valence-electron chi connectivity index (χ3n) is 4.09. The lowest BCUT2D eigenvalue weighted by atomic mass is 9.93. The molecule has 0 atom stereocenters. The van der Waals surface area contributed by atoms with Crippen LogP contribution >= 0.6 is 0 Å². The molecule has 4 nitrogen and oxygen atoms in total. The summed E-state index contributed by atoms with van der Waals surface area (Å²) in [6.45, 7) is 7.46. The summed E-state index contributed by atoms with van der Waals surface area (Å²) in [6, 6.07) is 17.8. The van der Waals surface area contributed by atoms with Crippen molar-refractivity contribution in [2.24, 2.45) is 0 Å². The number of hydrogen-bond donors (Lipinski definition) is 0. The first-order valence-electron chi connectivity index (χ1n) is 8.75. The maximum Gasteiger partial charge on any atom is 0.338 e. The second kappa shape index (κ2) is 8.17. The van der Waals surface area contributed by atoms with Gasteiger partial charge in [-0.1, -0.05) is 36.4 Å². The number of benzene rings is 2. The minimum atomic E-state index is -0.663. The van der Waals surface area contributed by atoms with Crippen molar-refractivity contribution >= 4 is 11.9 Å². The van der Waals surface area contributed by atoms with Crippen LogP contribution in [0.5, 0.6) is 0 Å². The maximum atomic E-state index is 12.2. The van der Waals surface area contributed by atoms with Crippen molar-refractivity contribution in [2.45, 2.75) is 51.7 Å². The first-order chi connectivity index (χ1) is 12.2. The van der Waals surface area contributed by atoms with Crippen LogP contribution in [0.25, 0.3) is 0 Å². The van der Waals surface area contributed by atoms with Gasteiger partial charge in [-0.3, -0.25) is 0 Å². The fraction of sp³-hybridized carbons (Fsp3) is 0.364. The van der Waals surface area contributed by atoms with Gasteiger partial charge in [0, 0.05) is 0 Å². The molecule has 0 bridgehead atoms. The van der Waals surface area contributed by atoms with Crippen LogP contribution in [0, 0.1) is 0 Å². The Morgan fingerprint density at radius 3 is 1.27 bits per heavy atom. The van der Waals surface area contributed by atoms with Gasteiger partial charge in [0.2, 0.25) is 0 Å². The smallest absolute Gasteiger partial charge is 0.338 e. The minimum absolute atomic E-state index is 0.352. The third-order valence-corrected chi connectivity index (χ3v) is 4.09. The molecule has 4 heteroatoms. The highest BCUT2D eigenvalue weighted by atomic mass is 16.6. The fourth-order valence-electron chi connectivity index (χ4n) is 2.47. The lowest BCUT2D eigenvalue weighted by molar-refractivity contribution is -0.0325. The van der Waals surface area contributed by atoms with Crippen molar-refractivity contribution in [2.75, 3.05) is 0 Å². The highest BCUT2D eigenvalue weighted by Gasteiger charge is 2.30. The van der Waals surface area contributed by atoms with Crippen LogP contribution in [0.2, 0.25) is 0 Å². The molecular weight excluding hydrogens is 328 g/mol. The highest BCUT2D eigenvalue weighted by Crippen LogP contribution is 2.26. The van der Waals surface area contributed by atoms with Gasteiger partial charge < -0.3 is 9.47 Å². The van der Waals surface area contributed by atoms with Crippen molar-refractivity contribution in [1.29, 1.82) is 0 Å². The molecule has 0 radical (unpaired) electrons. The Morgan fingerprint density at radius 1 is 0.654 bits per heavy atom. The molecule has 138 valence electrons. The van der Waals surface area contributed by atoms with Gasteiger partial charge in [-0.25, -0.2) is 9.59 Å². The van der Waals surface area contributed by atoms with Crippen molar-refractivity contribution in [3.8, 4) is 0 Å². The van der Waals surface area contributed by atoms with Gasteiger partial charge in [-0.2, -0.15) is 0 Å². The molecule has 2 aromatic carbocycles. The van der Waals surface area contributed by atoms with Gasteiger partial charge in [0.25, 0.3) is 0 Å². The summed E-state index contributed by atoms with van der Waals surface area (Å²) < 4.78 is 11.3. The van der Waals surface area contributed by atoms with Crippen molar-refractivity contribution < 1.29 is 19.1 Å². The van der Waals surface area contributed by atoms with Crippen molar-refractivity contribution in [1.82, 2.24) is 0 Å². The summed E-state index contributed by atoms with van der Waals surface area (Å²) in [5.74, 6) is -0.704. The molecule has 26 heavy (non-hydrogen) atoms. The normalized spacial score (nSPS) is 11.7. The lowest BCUT2D eigenvalue weighted by Crippen LogP contribution is -2.34. The molecule has 0 heterocycles. The van der Waals surface area contributed by atoms with E-state index in [9.17, 15) is 9.59 Å². The quantitative estimate of drug-likeness (QED) is 0.654. The van der Waals surface area contributed by atoms with E-state index < -0.39 is 11.2 Å². The number of rotatable bonds is 7. The van der Waals surface area contributed by atoms with Crippen LogP contribution < -0.4 is 0 Å². The van der Waals surface area contributed by atoms with Gasteiger partial charge in [-0.05, 0) is 64.8 Å². The lowest BCUT2D eigenvalue weighted by Gasteiger charge is -2.31. The molecule has 0 aliphatic rings. The number of carbonyl (C=O) groups excluding carboxylic acids is 2. The molecule has 2 rings (SSSR count). The second-order valence-electron chi connectivity index (χ2n) is 7.53. The molecule has 0 saturated heterocycles. The Hall–Kier alpha value is -2.62. The minimum Gasteiger partial charge on any atom is -0.456 e. The van der Waals surface area contributed by atoms with Crippen LogP contribution in [-0.2, 0) is 9.47 Å². The van der Waals surface area contributed by atoms with E-state index in [2.05, 4.69) is 0 Å². The van der Waals surface area contributed by atoms with Crippen LogP contribution in [0.3, 0.4) is 0 Å². The van der Waals surface area contributed by atoms with E-state index in [-0.39, 0.29) is 11.9 Å². The predicted octanol–water partition coefficient (Wildman–Crippen LogP) is 5.04. The summed E-state index contributed by atoms with van der Waals surface area (Å²) in [5, 5.41) is 0. The molecule has 0 fully saturated rings. The molecule has 0 saturated carbocycles. The number of ether oxygens (including phenoxy) is 2. The van der Waals surface area contributed by atoms with Crippen LogP contribution in [0.15, 0.2) is 60.7 Å². The van der Waals surface area contributed by atoms with Crippen molar-refractivity contribution in [3.05, 3.63) is 71.8 Å². The SMILES string of the molecule is CC(C)(CCC(C)(C)OC(=O)c1ccccc1)OC(=O)c1ccccc1. The van der Waals surface area contributed by atoms with Crippen LogP contribution in [0.4, 0.5) is 0 Å². The molecule has 0 N–H and O–H groups in total. The van der Waals surface area contributed by atoms with E-state index >= 15 is 0 Å². The fourth-order valence-corrected chi connectivity index (χ4v) is 2.47. The zero-order chi connectivity index (χ0) is 19.2. The molecule has 2 aromatic rings. The van der Waals surface area contributed by atoms with Gasteiger partial charge in [0.05, 0.1) is 11.1 Å². The summed E-state index contributed by atoms with van der Waals surface area (Å²) in [7, 11) is 0. The molecular formula is C22H26O4. The molecule has 0 spiro atoms. The molecule has 0 unspecified atom stereocenters. The Kier molecular flexibility index (Phi) is 6.19. The Balaban J connectivity index is 1.90. The molecule has 0 aliphatic heterocycles. The first-order valence-corrected chi connectivity index (χ1v) is 8.75. The Morgan fingerprint density at radius 2 is 0.962 bits per heavy atom. The average Bonchev–Trinajstić information content (AvgIpc) is 2.61. The largest absolute Gasteiger partial charge is 0.456 e.